The number of para-hydroxylation sites is 1. The first-order chi connectivity index (χ1) is 20.3. The van der Waals surface area contributed by atoms with Crippen LogP contribution in [0.4, 0.5) is 0 Å². The van der Waals surface area contributed by atoms with Crippen LogP contribution in [0.15, 0.2) is 49.6 Å². The van der Waals surface area contributed by atoms with Crippen molar-refractivity contribution in [1.82, 2.24) is 24.8 Å². The quantitative estimate of drug-likeness (QED) is 0.201. The summed E-state index contributed by atoms with van der Waals surface area (Å²) in [4.78, 5) is 45.8. The van der Waals surface area contributed by atoms with E-state index in [2.05, 4.69) is 30.4 Å². The fourth-order valence-electron chi connectivity index (χ4n) is 7.20. The van der Waals surface area contributed by atoms with Gasteiger partial charge in [0.1, 0.15) is 18.2 Å². The minimum atomic E-state index is -0.850. The van der Waals surface area contributed by atoms with Gasteiger partial charge in [-0.1, -0.05) is 43.3 Å². The van der Waals surface area contributed by atoms with Gasteiger partial charge in [0.05, 0.1) is 41.4 Å². The number of aromatic nitrogens is 3. The predicted octanol–water partition coefficient (Wildman–Crippen LogP) is 3.41. The number of aliphatic hydroxyl groups excluding tert-OH is 1. The van der Waals surface area contributed by atoms with Gasteiger partial charge in [0.15, 0.2) is 0 Å². The van der Waals surface area contributed by atoms with Gasteiger partial charge in [-0.3, -0.25) is 14.4 Å². The van der Waals surface area contributed by atoms with Crippen LogP contribution in [0.2, 0.25) is 0 Å². The van der Waals surface area contributed by atoms with Gasteiger partial charge >= 0.3 is 5.97 Å². The molecule has 0 radical (unpaired) electrons. The van der Waals surface area contributed by atoms with E-state index in [9.17, 15) is 19.5 Å². The molecule has 1 spiro atoms. The Morgan fingerprint density at radius 1 is 1.29 bits per heavy atom. The van der Waals surface area contributed by atoms with Gasteiger partial charge in [-0.05, 0) is 50.2 Å². The average molecular weight is 596 g/mol. The minimum Gasteiger partial charge on any atom is -0.465 e. The molecule has 0 saturated carbocycles. The first-order valence-electron chi connectivity index (χ1n) is 14.9. The Kier molecular flexibility index (Phi) is 9.08. The first-order valence-corrected chi connectivity index (χ1v) is 15.8. The highest BCUT2D eigenvalue weighted by atomic mass is 32.2. The SMILES string of the molecule is C=CCCCCOC(=O)[C@@H]1[C@H]2C(=O)N([C@@H](CC)CO)C(C(=O)N(CC=C)Cn3nnc4ccccc43)C23S[C@@H]1CC3C. The van der Waals surface area contributed by atoms with Gasteiger partial charge in [0.2, 0.25) is 11.8 Å². The number of likely N-dealkylation sites (tertiary alicyclic amines) is 1. The maximum Gasteiger partial charge on any atom is 0.310 e. The van der Waals surface area contributed by atoms with Gasteiger partial charge in [-0.25, -0.2) is 4.68 Å². The van der Waals surface area contributed by atoms with Crippen molar-refractivity contribution in [2.24, 2.45) is 17.8 Å². The Balaban J connectivity index is 1.49. The fourth-order valence-corrected chi connectivity index (χ4v) is 9.59. The molecule has 42 heavy (non-hydrogen) atoms. The second-order valence-electron chi connectivity index (χ2n) is 11.6. The zero-order chi connectivity index (χ0) is 30.0. The fraction of sp³-hybridized carbons (Fsp3) is 0.581. The third-order valence-corrected chi connectivity index (χ3v) is 11.3. The molecule has 4 heterocycles. The summed E-state index contributed by atoms with van der Waals surface area (Å²) >= 11 is 1.60. The van der Waals surface area contributed by atoms with Crippen molar-refractivity contribution in [2.75, 3.05) is 19.8 Å². The third-order valence-electron chi connectivity index (χ3n) is 9.20. The van der Waals surface area contributed by atoms with Crippen LogP contribution in [0, 0.1) is 17.8 Å². The van der Waals surface area contributed by atoms with Crippen LogP contribution in [0.1, 0.15) is 46.0 Å². The number of nitrogens with zero attached hydrogens (tertiary/aromatic N) is 5. The molecule has 3 saturated heterocycles. The van der Waals surface area contributed by atoms with Crippen LogP contribution in [0.5, 0.6) is 0 Å². The Morgan fingerprint density at radius 3 is 2.79 bits per heavy atom. The number of benzene rings is 1. The molecule has 2 amide bonds. The van der Waals surface area contributed by atoms with Crippen LogP contribution in [0.25, 0.3) is 11.0 Å². The number of hydrogen-bond donors (Lipinski definition) is 1. The lowest BCUT2D eigenvalue weighted by Crippen LogP contribution is -2.59. The number of amides is 2. The molecule has 10 nitrogen and oxygen atoms in total. The Bertz CT molecular complexity index is 1340. The number of unbranched alkanes of at least 4 members (excludes halogenated alkanes) is 2. The topological polar surface area (TPSA) is 118 Å². The summed E-state index contributed by atoms with van der Waals surface area (Å²) in [5.41, 5.74) is 1.51. The van der Waals surface area contributed by atoms with E-state index >= 15 is 0 Å². The average Bonchev–Trinajstić information content (AvgIpc) is 3.71. The van der Waals surface area contributed by atoms with E-state index in [0.717, 1.165) is 30.3 Å². The highest BCUT2D eigenvalue weighted by Gasteiger charge is 2.77. The van der Waals surface area contributed by atoms with E-state index < -0.39 is 28.7 Å². The number of hydrogen-bond acceptors (Lipinski definition) is 8. The first kappa shape index (κ1) is 30.3. The zero-order valence-electron chi connectivity index (χ0n) is 24.4. The van der Waals surface area contributed by atoms with Crippen molar-refractivity contribution in [1.29, 1.82) is 0 Å². The van der Waals surface area contributed by atoms with Gasteiger partial charge in [0, 0.05) is 11.8 Å². The van der Waals surface area contributed by atoms with E-state index in [1.54, 1.807) is 32.3 Å². The Labute approximate surface area is 251 Å². The summed E-state index contributed by atoms with van der Waals surface area (Å²) in [6, 6.07) is 6.14. The molecule has 226 valence electrons. The van der Waals surface area contributed by atoms with Gasteiger partial charge in [0.25, 0.3) is 0 Å². The second-order valence-corrected chi connectivity index (χ2v) is 13.1. The number of ether oxygens (including phenoxy) is 1. The zero-order valence-corrected chi connectivity index (χ0v) is 25.2. The van der Waals surface area contributed by atoms with Crippen molar-refractivity contribution in [3.8, 4) is 0 Å². The molecule has 1 aromatic carbocycles. The molecular formula is C31H41N5O5S. The molecule has 0 aliphatic carbocycles. The summed E-state index contributed by atoms with van der Waals surface area (Å²) in [6.45, 7) is 12.0. The maximum atomic E-state index is 14.7. The molecule has 1 aromatic heterocycles. The summed E-state index contributed by atoms with van der Waals surface area (Å²) in [5, 5.41) is 18.8. The van der Waals surface area contributed by atoms with Crippen molar-refractivity contribution >= 4 is 40.6 Å². The largest absolute Gasteiger partial charge is 0.465 e. The van der Waals surface area contributed by atoms with Gasteiger partial charge < -0.3 is 19.6 Å². The number of allylic oxidation sites excluding steroid dienone is 1. The van der Waals surface area contributed by atoms with E-state index in [4.69, 9.17) is 4.74 Å². The highest BCUT2D eigenvalue weighted by molar-refractivity contribution is 8.02. The molecule has 7 atom stereocenters. The van der Waals surface area contributed by atoms with Crippen LogP contribution >= 0.6 is 11.8 Å². The molecule has 3 fully saturated rings. The van der Waals surface area contributed by atoms with E-state index in [1.165, 1.54) is 0 Å². The standard InChI is InChI=1S/C31H41N5O5S/c1-5-8-9-12-16-41-30(40)25-24-17-20(4)31(42-24)26(25)28(38)36(21(7-3)18-37)27(31)29(39)34(15-6-2)19-35-23-14-11-10-13-22(23)32-33-35/h5-6,10-11,13-14,20-21,24-27,37H,1-2,7-9,12,15-19H2,3-4H3/t20?,21-,24+,25-,26-,27?,31?/m0/s1. The maximum absolute atomic E-state index is 14.7. The van der Waals surface area contributed by atoms with Crippen molar-refractivity contribution in [3.63, 3.8) is 0 Å². The normalized spacial score (nSPS) is 28.6. The predicted molar refractivity (Wildman–Crippen MR) is 161 cm³/mol. The number of thioether (sulfide) groups is 1. The summed E-state index contributed by atoms with van der Waals surface area (Å²) in [7, 11) is 0. The number of carbonyl (C=O) groups is 3. The molecule has 2 aromatic rings. The number of carbonyl (C=O) groups excluding carboxylic acids is 3. The lowest BCUT2D eigenvalue weighted by molar-refractivity contribution is -0.155. The van der Waals surface area contributed by atoms with Crippen molar-refractivity contribution in [3.05, 3.63) is 49.6 Å². The van der Waals surface area contributed by atoms with Crippen LogP contribution in [0.3, 0.4) is 0 Å². The summed E-state index contributed by atoms with van der Waals surface area (Å²) in [6.07, 6.45) is 7.15. The highest BCUT2D eigenvalue weighted by Crippen LogP contribution is 2.69. The molecule has 11 heteroatoms. The molecule has 3 unspecified atom stereocenters. The monoisotopic (exact) mass is 595 g/mol. The van der Waals surface area contributed by atoms with E-state index in [1.807, 2.05) is 37.3 Å². The molecule has 5 rings (SSSR count). The molecule has 2 bridgehead atoms. The molecular weight excluding hydrogens is 554 g/mol. The molecule has 3 aliphatic rings. The number of aliphatic hydroxyl groups is 1. The smallest absolute Gasteiger partial charge is 0.310 e. The van der Waals surface area contributed by atoms with E-state index in [-0.39, 0.29) is 48.8 Å². The second kappa shape index (κ2) is 12.6. The molecule has 3 aliphatic heterocycles. The summed E-state index contributed by atoms with van der Waals surface area (Å²) < 4.78 is 6.59. The Hall–Kier alpha value is -3.18. The van der Waals surface area contributed by atoms with Crippen LogP contribution in [-0.4, -0.2) is 89.5 Å². The number of rotatable bonds is 14. The Morgan fingerprint density at radius 2 is 2.07 bits per heavy atom. The lowest BCUT2D eigenvalue weighted by Gasteiger charge is -2.41. The van der Waals surface area contributed by atoms with Crippen LogP contribution in [-0.2, 0) is 25.8 Å². The van der Waals surface area contributed by atoms with E-state index in [0.29, 0.717) is 19.4 Å². The summed E-state index contributed by atoms with van der Waals surface area (Å²) in [5.74, 6) is -2.15. The van der Waals surface area contributed by atoms with Crippen molar-refractivity contribution < 1.29 is 24.2 Å². The van der Waals surface area contributed by atoms with Crippen molar-refractivity contribution in [2.45, 2.75) is 74.7 Å². The lowest BCUT2D eigenvalue weighted by atomic mass is 9.66. The van der Waals surface area contributed by atoms with Gasteiger partial charge in [-0.2, -0.15) is 0 Å². The number of fused-ring (bicyclic) bond motifs is 2. The van der Waals surface area contributed by atoms with Crippen LogP contribution < -0.4 is 0 Å². The third kappa shape index (κ3) is 4.94. The number of esters is 1. The van der Waals surface area contributed by atoms with Gasteiger partial charge in [-0.15, -0.1) is 30.0 Å². The molecule has 1 N–H and O–H groups in total. The minimum absolute atomic E-state index is 0.00558.